The summed E-state index contributed by atoms with van der Waals surface area (Å²) in [4.78, 5) is 0. The van der Waals surface area contributed by atoms with E-state index in [0.29, 0.717) is 13.2 Å². The van der Waals surface area contributed by atoms with Crippen LogP contribution in [0.25, 0.3) is 0 Å². The van der Waals surface area contributed by atoms with Gasteiger partial charge >= 0.3 is 0 Å². The Bertz CT molecular complexity index is 482. The lowest BCUT2D eigenvalue weighted by atomic mass is 10.0. The molecule has 2 atom stereocenters. The van der Waals surface area contributed by atoms with E-state index in [-0.39, 0.29) is 12.2 Å². The van der Waals surface area contributed by atoms with Gasteiger partial charge in [0.1, 0.15) is 0 Å². The number of rotatable bonds is 38. The average molecular weight is 611 g/mol. The van der Waals surface area contributed by atoms with Gasteiger partial charge in [0.15, 0.2) is 0 Å². The molecule has 0 bridgehead atoms. The summed E-state index contributed by atoms with van der Waals surface area (Å²) in [6.07, 6.45) is 42.4. The maximum Gasteiger partial charge on any atom is 0.0781 e. The van der Waals surface area contributed by atoms with Gasteiger partial charge in [0, 0.05) is 13.2 Å². The maximum atomic E-state index is 5.98. The molecule has 3 nitrogen and oxygen atoms in total. The fourth-order valence-electron chi connectivity index (χ4n) is 5.98. The molecular weight excluding hydrogens is 528 g/mol. The molecule has 0 amide bonds. The molecule has 0 saturated carbocycles. The lowest BCUT2D eigenvalue weighted by Crippen LogP contribution is -2.24. The molecule has 0 heterocycles. The van der Waals surface area contributed by atoms with E-state index in [1.807, 2.05) is 0 Å². The highest BCUT2D eigenvalue weighted by molar-refractivity contribution is 4.55. The highest BCUT2D eigenvalue weighted by Crippen LogP contribution is 2.15. The molecule has 0 aromatic heterocycles. The molecule has 0 radical (unpaired) electrons. The molecule has 0 N–H and O–H groups in total. The molecular formula is C40H82O3. The Morgan fingerprint density at radius 2 is 0.581 bits per heavy atom. The normalized spacial score (nSPS) is 13.1. The van der Waals surface area contributed by atoms with E-state index in [1.54, 1.807) is 0 Å². The highest BCUT2D eigenvalue weighted by atomic mass is 16.6. The third-order valence-corrected chi connectivity index (χ3v) is 9.01. The molecule has 0 spiro atoms. The number of hydrogen-bond donors (Lipinski definition) is 0. The van der Waals surface area contributed by atoms with Gasteiger partial charge in [-0.25, -0.2) is 0 Å². The molecule has 0 aromatic rings. The van der Waals surface area contributed by atoms with E-state index < -0.39 is 0 Å². The Morgan fingerprint density at radius 1 is 0.302 bits per heavy atom. The fourth-order valence-corrected chi connectivity index (χ4v) is 5.98. The van der Waals surface area contributed by atoms with E-state index in [2.05, 4.69) is 27.7 Å². The highest BCUT2D eigenvalue weighted by Gasteiger charge is 2.07. The van der Waals surface area contributed by atoms with Crippen molar-refractivity contribution in [3.05, 3.63) is 0 Å². The van der Waals surface area contributed by atoms with Crippen molar-refractivity contribution in [2.24, 2.45) is 0 Å². The van der Waals surface area contributed by atoms with Crippen LogP contribution >= 0.6 is 0 Å². The first kappa shape index (κ1) is 42.9. The molecule has 43 heavy (non-hydrogen) atoms. The zero-order valence-corrected chi connectivity index (χ0v) is 30.4. The molecule has 0 aliphatic rings. The SMILES string of the molecule is CCCCCCCCCCCCCCCCCOCC(C)OCC(C)OCCCCCCCCCCCCCCCCC. The van der Waals surface area contributed by atoms with E-state index in [4.69, 9.17) is 14.2 Å². The van der Waals surface area contributed by atoms with Crippen LogP contribution in [0.5, 0.6) is 0 Å². The second kappa shape index (κ2) is 38.1. The molecule has 260 valence electrons. The monoisotopic (exact) mass is 611 g/mol. The summed E-state index contributed by atoms with van der Waals surface area (Å²) in [5.41, 5.74) is 0. The predicted molar refractivity (Wildman–Crippen MR) is 192 cm³/mol. The Kier molecular flexibility index (Phi) is 38.0. The Morgan fingerprint density at radius 3 is 0.930 bits per heavy atom. The van der Waals surface area contributed by atoms with Crippen molar-refractivity contribution < 1.29 is 14.2 Å². The fraction of sp³-hybridized carbons (Fsp3) is 1.00. The number of ether oxygens (including phenoxy) is 3. The van der Waals surface area contributed by atoms with E-state index in [0.717, 1.165) is 13.2 Å². The van der Waals surface area contributed by atoms with Gasteiger partial charge in [-0.05, 0) is 26.7 Å². The Labute approximate surface area is 272 Å². The minimum absolute atomic E-state index is 0.146. The molecule has 0 aromatic carbocycles. The first-order valence-corrected chi connectivity index (χ1v) is 20.0. The number of unbranched alkanes of at least 4 members (excludes halogenated alkanes) is 28. The molecule has 0 aliphatic heterocycles. The topological polar surface area (TPSA) is 27.7 Å². The minimum atomic E-state index is 0.146. The van der Waals surface area contributed by atoms with Gasteiger partial charge in [0.05, 0.1) is 25.4 Å². The summed E-state index contributed by atoms with van der Waals surface area (Å²) < 4.78 is 17.8. The van der Waals surface area contributed by atoms with Crippen LogP contribution in [0.2, 0.25) is 0 Å². The van der Waals surface area contributed by atoms with Crippen molar-refractivity contribution in [3.8, 4) is 0 Å². The Balaban J connectivity index is 3.25. The van der Waals surface area contributed by atoms with Crippen LogP contribution in [0, 0.1) is 0 Å². The summed E-state index contributed by atoms with van der Waals surface area (Å²) in [5.74, 6) is 0. The lowest BCUT2D eigenvalue weighted by Gasteiger charge is -2.18. The first-order valence-electron chi connectivity index (χ1n) is 20.0. The van der Waals surface area contributed by atoms with Crippen molar-refractivity contribution in [2.45, 2.75) is 233 Å². The third kappa shape index (κ3) is 38.0. The van der Waals surface area contributed by atoms with Crippen molar-refractivity contribution in [1.29, 1.82) is 0 Å². The zero-order valence-electron chi connectivity index (χ0n) is 30.4. The van der Waals surface area contributed by atoms with Crippen LogP contribution in [0.3, 0.4) is 0 Å². The van der Waals surface area contributed by atoms with Crippen molar-refractivity contribution in [2.75, 3.05) is 26.4 Å². The van der Waals surface area contributed by atoms with Gasteiger partial charge in [-0.1, -0.05) is 194 Å². The third-order valence-electron chi connectivity index (χ3n) is 9.01. The maximum absolute atomic E-state index is 5.98. The minimum Gasteiger partial charge on any atom is -0.379 e. The van der Waals surface area contributed by atoms with E-state index >= 15 is 0 Å². The number of hydrogen-bond acceptors (Lipinski definition) is 3. The van der Waals surface area contributed by atoms with Crippen LogP contribution in [-0.4, -0.2) is 38.6 Å². The van der Waals surface area contributed by atoms with Gasteiger partial charge in [0.2, 0.25) is 0 Å². The van der Waals surface area contributed by atoms with Crippen LogP contribution in [0.15, 0.2) is 0 Å². The van der Waals surface area contributed by atoms with Gasteiger partial charge in [-0.15, -0.1) is 0 Å². The average Bonchev–Trinajstić information content (AvgIpc) is 3.01. The quantitative estimate of drug-likeness (QED) is 0.0651. The molecule has 0 saturated heterocycles. The van der Waals surface area contributed by atoms with Crippen molar-refractivity contribution in [3.63, 3.8) is 0 Å². The van der Waals surface area contributed by atoms with Gasteiger partial charge < -0.3 is 14.2 Å². The van der Waals surface area contributed by atoms with Crippen molar-refractivity contribution >= 4 is 0 Å². The summed E-state index contributed by atoms with van der Waals surface area (Å²) >= 11 is 0. The summed E-state index contributed by atoms with van der Waals surface area (Å²) in [7, 11) is 0. The molecule has 3 heteroatoms. The van der Waals surface area contributed by atoms with E-state index in [1.165, 1.54) is 193 Å². The van der Waals surface area contributed by atoms with Crippen molar-refractivity contribution in [1.82, 2.24) is 0 Å². The molecule has 2 unspecified atom stereocenters. The van der Waals surface area contributed by atoms with Gasteiger partial charge in [-0.2, -0.15) is 0 Å². The molecule has 0 rings (SSSR count). The van der Waals surface area contributed by atoms with Crippen LogP contribution in [0.4, 0.5) is 0 Å². The van der Waals surface area contributed by atoms with Crippen LogP contribution < -0.4 is 0 Å². The molecule has 0 fully saturated rings. The summed E-state index contributed by atoms with van der Waals surface area (Å²) in [5, 5.41) is 0. The Hall–Kier alpha value is -0.120. The summed E-state index contributed by atoms with van der Waals surface area (Å²) in [6, 6.07) is 0. The van der Waals surface area contributed by atoms with Gasteiger partial charge in [0.25, 0.3) is 0 Å². The standard InChI is InChI=1S/C40H82O3/c1-5-7-9-11-13-15-17-19-21-23-25-27-29-31-33-35-41-37-39(3)43-38-40(4)42-36-34-32-30-28-26-24-22-20-18-16-14-12-10-8-6-2/h39-40H,5-38H2,1-4H3. The van der Waals surface area contributed by atoms with Crippen LogP contribution in [0.1, 0.15) is 220 Å². The van der Waals surface area contributed by atoms with Gasteiger partial charge in [-0.3, -0.25) is 0 Å². The largest absolute Gasteiger partial charge is 0.379 e. The second-order valence-electron chi connectivity index (χ2n) is 13.8. The summed E-state index contributed by atoms with van der Waals surface area (Å²) in [6.45, 7) is 12.0. The molecule has 0 aliphatic carbocycles. The lowest BCUT2D eigenvalue weighted by molar-refractivity contribution is -0.0577. The predicted octanol–water partition coefficient (Wildman–Crippen LogP) is 13.6. The van der Waals surface area contributed by atoms with E-state index in [9.17, 15) is 0 Å². The van der Waals surface area contributed by atoms with Crippen LogP contribution in [-0.2, 0) is 14.2 Å². The second-order valence-corrected chi connectivity index (χ2v) is 13.8. The first-order chi connectivity index (χ1) is 21.2. The zero-order chi connectivity index (χ0) is 31.3. The smallest absolute Gasteiger partial charge is 0.0781 e.